The zero-order valence-corrected chi connectivity index (χ0v) is 29.0. The maximum Gasteiger partial charge on any atom is 0.344 e. The summed E-state index contributed by atoms with van der Waals surface area (Å²) in [5.74, 6) is 4.95. The fourth-order valence-electron chi connectivity index (χ4n) is 4.75. The number of phenols is 1. The first kappa shape index (κ1) is 37.9. The number of thioether (sulfide) groups is 1. The SMILES string of the molecule is CCOC(=O)C1=C(O)/C(=C/c2ccc(OCCCCN(N)/C=C(\N)CNC(=O)c3cc(NC)cc(NC=O)c3)c(O)c2)SC1=Nc1ccccc1. The molecule has 3 aromatic carbocycles. The average Bonchev–Trinajstić information content (AvgIpc) is 3.41. The van der Waals surface area contributed by atoms with Crippen LogP contribution in [-0.4, -0.2) is 71.9 Å². The van der Waals surface area contributed by atoms with Gasteiger partial charge in [0.15, 0.2) is 11.5 Å². The lowest BCUT2D eigenvalue weighted by molar-refractivity contribution is -0.138. The van der Waals surface area contributed by atoms with Crippen LogP contribution in [0.1, 0.15) is 35.7 Å². The third-order valence-corrected chi connectivity index (χ3v) is 8.22. The van der Waals surface area contributed by atoms with Gasteiger partial charge in [0.2, 0.25) is 6.41 Å². The van der Waals surface area contributed by atoms with E-state index in [0.29, 0.717) is 76.2 Å². The number of para-hydroxylation sites is 1. The van der Waals surface area contributed by atoms with Crippen LogP contribution in [0.25, 0.3) is 6.08 Å². The molecule has 1 aliphatic rings. The molecule has 0 radical (unpaired) electrons. The number of esters is 1. The van der Waals surface area contributed by atoms with Crippen LogP contribution in [0.4, 0.5) is 17.1 Å². The number of nitrogens with zero attached hydrogens (tertiary/aromatic N) is 2. The summed E-state index contributed by atoms with van der Waals surface area (Å²) in [5, 5.41) is 31.5. The van der Waals surface area contributed by atoms with Gasteiger partial charge >= 0.3 is 5.97 Å². The number of aromatic hydroxyl groups is 1. The lowest BCUT2D eigenvalue weighted by Gasteiger charge is -2.16. The molecule has 268 valence electrons. The van der Waals surface area contributed by atoms with Gasteiger partial charge in [0.25, 0.3) is 5.91 Å². The number of hydrogen-bond acceptors (Lipinski definition) is 13. The minimum Gasteiger partial charge on any atom is -0.506 e. The van der Waals surface area contributed by atoms with E-state index in [1.54, 1.807) is 62.5 Å². The lowest BCUT2D eigenvalue weighted by atomic mass is 10.1. The summed E-state index contributed by atoms with van der Waals surface area (Å²) in [4.78, 5) is 41.0. The summed E-state index contributed by atoms with van der Waals surface area (Å²) in [6, 6.07) is 18.8. The summed E-state index contributed by atoms with van der Waals surface area (Å²) < 4.78 is 10.9. The van der Waals surface area contributed by atoms with Crippen LogP contribution in [-0.2, 0) is 14.3 Å². The van der Waals surface area contributed by atoms with Gasteiger partial charge in [0.1, 0.15) is 16.4 Å². The van der Waals surface area contributed by atoms with Crippen LogP contribution in [0, 0.1) is 0 Å². The molecule has 0 spiro atoms. The Bertz CT molecular complexity index is 1840. The van der Waals surface area contributed by atoms with E-state index in [1.165, 1.54) is 17.3 Å². The van der Waals surface area contributed by atoms with E-state index >= 15 is 0 Å². The standard InChI is InChI=1S/C36H41N7O7S/c1-3-49-36(48)32-33(46)31(51-35(32)42-26-9-5-4-6-10-26)16-23-11-12-30(29(45)15-23)50-14-8-7-13-43(38)21-25(37)20-40-34(47)24-17-27(39-2)19-28(18-24)41-22-44/h4-6,9-12,15-19,21-22,39,45-46H,3,7-8,13-14,20,37-38H2,1-2H3,(H,40,47)(H,41,44)/b25-21-,31-16-,42-35?. The molecule has 1 aliphatic heterocycles. The molecule has 0 saturated heterocycles. The van der Waals surface area contributed by atoms with Gasteiger partial charge in [-0.1, -0.05) is 36.0 Å². The zero-order chi connectivity index (χ0) is 36.8. The predicted octanol–water partition coefficient (Wildman–Crippen LogP) is 4.76. The monoisotopic (exact) mass is 715 g/mol. The van der Waals surface area contributed by atoms with Crippen LogP contribution in [0.3, 0.4) is 0 Å². The molecule has 3 aromatic rings. The Morgan fingerprint density at radius 3 is 2.51 bits per heavy atom. The van der Waals surface area contributed by atoms with Crippen molar-refractivity contribution in [3.63, 3.8) is 0 Å². The molecule has 51 heavy (non-hydrogen) atoms. The van der Waals surface area contributed by atoms with E-state index < -0.39 is 5.97 Å². The zero-order valence-electron chi connectivity index (χ0n) is 28.2. The average molecular weight is 716 g/mol. The van der Waals surface area contributed by atoms with Crippen LogP contribution in [0.2, 0.25) is 0 Å². The van der Waals surface area contributed by atoms with E-state index in [4.69, 9.17) is 21.1 Å². The first-order valence-electron chi connectivity index (χ1n) is 16.0. The number of benzene rings is 3. The smallest absolute Gasteiger partial charge is 0.344 e. The second-order valence-corrected chi connectivity index (χ2v) is 12.1. The van der Waals surface area contributed by atoms with E-state index in [-0.39, 0.29) is 41.9 Å². The Morgan fingerprint density at radius 1 is 1.04 bits per heavy atom. The van der Waals surface area contributed by atoms with Crippen molar-refractivity contribution in [2.24, 2.45) is 16.6 Å². The third-order valence-electron chi connectivity index (χ3n) is 7.20. The molecule has 9 N–H and O–H groups in total. The molecule has 0 saturated carbocycles. The number of amides is 2. The van der Waals surface area contributed by atoms with Crippen molar-refractivity contribution in [2.45, 2.75) is 19.8 Å². The summed E-state index contributed by atoms with van der Waals surface area (Å²) >= 11 is 1.13. The second kappa shape index (κ2) is 18.7. The molecule has 4 rings (SSSR count). The fourth-order valence-corrected chi connectivity index (χ4v) is 5.78. The van der Waals surface area contributed by atoms with Gasteiger partial charge in [-0.3, -0.25) is 9.59 Å². The van der Waals surface area contributed by atoms with Gasteiger partial charge in [-0.2, -0.15) is 0 Å². The highest BCUT2D eigenvalue weighted by molar-refractivity contribution is 8.18. The Kier molecular flexibility index (Phi) is 13.9. The molecule has 0 fully saturated rings. The second-order valence-electron chi connectivity index (χ2n) is 11.0. The van der Waals surface area contributed by atoms with Crippen LogP contribution in [0.15, 0.2) is 99.9 Å². The maximum absolute atomic E-state index is 12.7. The van der Waals surface area contributed by atoms with Crippen molar-refractivity contribution in [1.29, 1.82) is 0 Å². The number of aliphatic imine (C=N–C) groups is 1. The van der Waals surface area contributed by atoms with Crippen LogP contribution >= 0.6 is 11.8 Å². The summed E-state index contributed by atoms with van der Waals surface area (Å²) in [6.07, 6.45) is 4.98. The maximum atomic E-state index is 12.7. The number of carbonyl (C=O) groups excluding carboxylic acids is 3. The molecule has 0 aromatic heterocycles. The number of carbonyl (C=O) groups is 3. The number of anilines is 2. The number of aliphatic hydroxyl groups is 1. The molecule has 15 heteroatoms. The van der Waals surface area contributed by atoms with Gasteiger partial charge < -0.3 is 46.4 Å². The highest BCUT2D eigenvalue weighted by Gasteiger charge is 2.33. The molecular formula is C36H41N7O7S. The third kappa shape index (κ3) is 11.0. The number of aliphatic hydroxyl groups excluding tert-OH is 1. The van der Waals surface area contributed by atoms with E-state index in [0.717, 1.165) is 11.8 Å². The Morgan fingerprint density at radius 2 is 1.80 bits per heavy atom. The lowest BCUT2D eigenvalue weighted by Crippen LogP contribution is -2.32. The highest BCUT2D eigenvalue weighted by Crippen LogP contribution is 2.41. The molecule has 1 heterocycles. The van der Waals surface area contributed by atoms with E-state index in [1.807, 2.05) is 18.2 Å². The van der Waals surface area contributed by atoms with Crippen LogP contribution in [0.5, 0.6) is 11.5 Å². The first-order chi connectivity index (χ1) is 24.6. The van der Waals surface area contributed by atoms with Crippen molar-refractivity contribution < 1.29 is 34.1 Å². The molecular weight excluding hydrogens is 675 g/mol. The first-order valence-corrected chi connectivity index (χ1v) is 16.8. The quantitative estimate of drug-likeness (QED) is 0.0331. The van der Waals surface area contributed by atoms with Crippen molar-refractivity contribution >= 4 is 58.2 Å². The topological polar surface area (TPSA) is 214 Å². The van der Waals surface area contributed by atoms with Crippen molar-refractivity contribution in [3.8, 4) is 11.5 Å². The van der Waals surface area contributed by atoms with Crippen molar-refractivity contribution in [1.82, 2.24) is 10.3 Å². The molecule has 14 nitrogen and oxygen atoms in total. The number of unbranched alkanes of at least 4 members (excludes halogenated alkanes) is 1. The predicted molar refractivity (Wildman–Crippen MR) is 199 cm³/mol. The molecule has 0 aliphatic carbocycles. The minimum absolute atomic E-state index is 0.0159. The van der Waals surface area contributed by atoms with Crippen molar-refractivity contribution in [2.75, 3.05) is 44.0 Å². The normalized spacial score (nSPS) is 14.4. The summed E-state index contributed by atoms with van der Waals surface area (Å²) in [7, 11) is 1.71. The number of nitrogens with two attached hydrogens (primary N) is 2. The minimum atomic E-state index is -0.676. The van der Waals surface area contributed by atoms with Gasteiger partial charge in [0, 0.05) is 42.4 Å². The highest BCUT2D eigenvalue weighted by atomic mass is 32.2. The Hall–Kier alpha value is -5.93. The Balaban J connectivity index is 1.26. The molecule has 0 bridgehead atoms. The van der Waals surface area contributed by atoms with Crippen molar-refractivity contribution in [3.05, 3.63) is 106 Å². The van der Waals surface area contributed by atoms with Crippen LogP contribution < -0.4 is 32.3 Å². The van der Waals surface area contributed by atoms with Gasteiger partial charge in [-0.05, 0) is 73.9 Å². The molecule has 2 amide bonds. The number of hydrazine groups is 1. The largest absolute Gasteiger partial charge is 0.506 e. The number of rotatable bonds is 17. The number of hydrogen-bond donors (Lipinski definition) is 7. The number of nitrogens with one attached hydrogen (secondary N) is 3. The number of ether oxygens (including phenoxy) is 2. The summed E-state index contributed by atoms with van der Waals surface area (Å²) in [5.41, 5.74) is 9.05. The van der Waals surface area contributed by atoms with Gasteiger partial charge in [0.05, 0.1) is 30.4 Å². The molecule has 0 atom stereocenters. The van der Waals surface area contributed by atoms with Gasteiger partial charge in [-0.15, -0.1) is 0 Å². The van der Waals surface area contributed by atoms with E-state index in [9.17, 15) is 24.6 Å². The van der Waals surface area contributed by atoms with E-state index in [2.05, 4.69) is 20.9 Å². The Labute approximate surface area is 299 Å². The molecule has 0 unspecified atom stereocenters. The summed E-state index contributed by atoms with van der Waals surface area (Å²) in [6.45, 7) is 2.65. The number of phenolic OH excluding ortho intramolecular Hbond substituents is 1. The van der Waals surface area contributed by atoms with Gasteiger partial charge in [-0.25, -0.2) is 15.6 Å². The fraction of sp³-hybridized carbons (Fsp3) is 0.222.